The van der Waals surface area contributed by atoms with E-state index in [1.54, 1.807) is 7.05 Å². The number of nitrogens with two attached hydrogens (primary N) is 1. The minimum atomic E-state index is -3.14. The van der Waals surface area contributed by atoms with Gasteiger partial charge in [0.15, 0.2) is 0 Å². The van der Waals surface area contributed by atoms with Gasteiger partial charge in [-0.1, -0.05) is 0 Å². The molecule has 0 atom stereocenters. The van der Waals surface area contributed by atoms with E-state index in [2.05, 4.69) is 10.1 Å². The van der Waals surface area contributed by atoms with E-state index < -0.39 is 11.9 Å². The van der Waals surface area contributed by atoms with E-state index in [1.165, 1.54) is 20.1 Å². The van der Waals surface area contributed by atoms with E-state index in [0.717, 1.165) is 6.92 Å². The molecule has 1 aromatic rings. The van der Waals surface area contributed by atoms with Gasteiger partial charge in [0.05, 0.1) is 24.0 Å². The summed E-state index contributed by atoms with van der Waals surface area (Å²) in [6, 6.07) is 1.41. The summed E-state index contributed by atoms with van der Waals surface area (Å²) >= 11 is 0. The molecule has 6 heteroatoms. The predicted molar refractivity (Wildman–Crippen MR) is 66.0 cm³/mol. The summed E-state index contributed by atoms with van der Waals surface area (Å²) in [5.74, 6) is -3.81. The first kappa shape index (κ1) is 14.2. The zero-order valence-corrected chi connectivity index (χ0v) is 10.7. The molecular formula is C12H16F2N2O2. The normalized spacial score (nSPS) is 11.2. The molecule has 0 saturated heterocycles. The quantitative estimate of drug-likeness (QED) is 0.646. The van der Waals surface area contributed by atoms with Gasteiger partial charge in [0, 0.05) is 19.5 Å². The van der Waals surface area contributed by atoms with E-state index in [1.807, 2.05) is 0 Å². The molecule has 0 aliphatic carbocycles. The monoisotopic (exact) mass is 258 g/mol. The maximum Gasteiger partial charge on any atom is 0.338 e. The van der Waals surface area contributed by atoms with Gasteiger partial charge in [-0.15, -0.1) is 0 Å². The van der Waals surface area contributed by atoms with Gasteiger partial charge in [-0.05, 0) is 18.6 Å². The molecule has 0 aliphatic heterocycles. The first-order valence-electron chi connectivity index (χ1n) is 5.31. The Morgan fingerprint density at radius 3 is 2.44 bits per heavy atom. The maximum atomic E-state index is 13.6. The summed E-state index contributed by atoms with van der Waals surface area (Å²) in [6.07, 6.45) is 0. The number of alkyl halides is 2. The molecule has 0 aromatic heterocycles. The molecule has 0 bridgehead atoms. The van der Waals surface area contributed by atoms with Crippen molar-refractivity contribution >= 4 is 17.3 Å². The van der Waals surface area contributed by atoms with Gasteiger partial charge in [-0.3, -0.25) is 0 Å². The maximum absolute atomic E-state index is 13.6. The number of carbonyl (C=O) groups is 1. The van der Waals surface area contributed by atoms with Gasteiger partial charge < -0.3 is 15.8 Å². The number of nitrogens with one attached hydrogen (secondary N) is 1. The number of nitrogen functional groups attached to an aromatic ring is 1. The van der Waals surface area contributed by atoms with Crippen LogP contribution in [0.2, 0.25) is 0 Å². The summed E-state index contributed by atoms with van der Waals surface area (Å²) < 4.78 is 31.7. The molecule has 18 heavy (non-hydrogen) atoms. The Hall–Kier alpha value is -1.85. The Kier molecular flexibility index (Phi) is 3.79. The molecule has 0 aliphatic rings. The average Bonchev–Trinajstić information content (AvgIpc) is 2.26. The van der Waals surface area contributed by atoms with Crippen molar-refractivity contribution in [2.75, 3.05) is 25.2 Å². The van der Waals surface area contributed by atoms with E-state index in [0.29, 0.717) is 0 Å². The van der Waals surface area contributed by atoms with Gasteiger partial charge in [0.2, 0.25) is 0 Å². The molecule has 1 aromatic carbocycles. The van der Waals surface area contributed by atoms with Crippen molar-refractivity contribution in [1.29, 1.82) is 0 Å². The van der Waals surface area contributed by atoms with Crippen molar-refractivity contribution in [3.63, 3.8) is 0 Å². The van der Waals surface area contributed by atoms with Crippen molar-refractivity contribution in [1.82, 2.24) is 0 Å². The molecule has 0 heterocycles. The highest BCUT2D eigenvalue weighted by Gasteiger charge is 2.32. The van der Waals surface area contributed by atoms with E-state index in [4.69, 9.17) is 5.73 Å². The number of hydrogen-bond donors (Lipinski definition) is 2. The first-order chi connectivity index (χ1) is 8.23. The average molecular weight is 258 g/mol. The molecular weight excluding hydrogens is 242 g/mol. The number of benzene rings is 1. The zero-order chi connectivity index (χ0) is 14.1. The number of anilines is 2. The van der Waals surface area contributed by atoms with Crippen LogP contribution < -0.4 is 11.1 Å². The minimum Gasteiger partial charge on any atom is -0.465 e. The van der Waals surface area contributed by atoms with Crippen LogP contribution in [0.1, 0.15) is 28.4 Å². The predicted octanol–water partition coefficient (Wildman–Crippen LogP) is 2.52. The Bertz CT molecular complexity index is 482. The molecule has 4 nitrogen and oxygen atoms in total. The lowest BCUT2D eigenvalue weighted by Gasteiger charge is -2.21. The highest BCUT2D eigenvalue weighted by Crippen LogP contribution is 2.39. The highest BCUT2D eigenvalue weighted by atomic mass is 19.3. The number of esters is 1. The number of carbonyl (C=O) groups excluding carboxylic acids is 1. The van der Waals surface area contributed by atoms with Crippen LogP contribution in [-0.2, 0) is 10.7 Å². The molecule has 0 spiro atoms. The SMILES string of the molecule is CNc1cc(C(=O)OC)c(C)c(C(C)(F)F)c1N. The standard InChI is InChI=1S/C12H16F2N2O2/c1-6-7(11(17)18-4)5-8(16-3)10(15)9(6)12(2,13)14/h5,16H,15H2,1-4H3. The third kappa shape index (κ3) is 2.37. The van der Waals surface area contributed by atoms with E-state index in [9.17, 15) is 13.6 Å². The minimum absolute atomic E-state index is 0.0600. The Labute approximate surface area is 104 Å². The summed E-state index contributed by atoms with van der Waals surface area (Å²) in [5, 5.41) is 2.69. The van der Waals surface area contributed by atoms with Gasteiger partial charge in [0.25, 0.3) is 5.92 Å². The Morgan fingerprint density at radius 2 is 2.06 bits per heavy atom. The van der Waals surface area contributed by atoms with Crippen molar-refractivity contribution in [3.05, 3.63) is 22.8 Å². The number of ether oxygens (including phenoxy) is 1. The van der Waals surface area contributed by atoms with Crippen LogP contribution in [0.5, 0.6) is 0 Å². The molecule has 3 N–H and O–H groups in total. The first-order valence-corrected chi connectivity index (χ1v) is 5.31. The number of methoxy groups -OCH3 is 1. The molecule has 100 valence electrons. The fourth-order valence-electron chi connectivity index (χ4n) is 1.90. The van der Waals surface area contributed by atoms with E-state index in [-0.39, 0.29) is 28.1 Å². The van der Waals surface area contributed by atoms with E-state index >= 15 is 0 Å². The third-order valence-electron chi connectivity index (χ3n) is 2.74. The fraction of sp³-hybridized carbons (Fsp3) is 0.417. The number of rotatable bonds is 3. The smallest absolute Gasteiger partial charge is 0.338 e. The van der Waals surface area contributed by atoms with Crippen LogP contribution in [-0.4, -0.2) is 20.1 Å². The van der Waals surface area contributed by atoms with Crippen LogP contribution in [0, 0.1) is 6.92 Å². The number of halogens is 2. The molecule has 0 radical (unpaired) electrons. The molecule has 1 rings (SSSR count). The van der Waals surface area contributed by atoms with Crippen molar-refractivity contribution in [2.24, 2.45) is 0 Å². The largest absolute Gasteiger partial charge is 0.465 e. The van der Waals surface area contributed by atoms with Crippen molar-refractivity contribution in [3.8, 4) is 0 Å². The van der Waals surface area contributed by atoms with Crippen LogP contribution in [0.4, 0.5) is 20.2 Å². The topological polar surface area (TPSA) is 64.3 Å². The lowest BCUT2D eigenvalue weighted by atomic mass is 9.95. The third-order valence-corrected chi connectivity index (χ3v) is 2.74. The van der Waals surface area contributed by atoms with Gasteiger partial charge in [0.1, 0.15) is 0 Å². The summed E-state index contributed by atoms with van der Waals surface area (Å²) in [7, 11) is 2.74. The van der Waals surface area contributed by atoms with Gasteiger partial charge in [-0.25, -0.2) is 13.6 Å². The second-order valence-corrected chi connectivity index (χ2v) is 4.02. The van der Waals surface area contributed by atoms with Crippen LogP contribution >= 0.6 is 0 Å². The molecule has 0 fully saturated rings. The Balaban J connectivity index is 3.64. The Morgan fingerprint density at radius 1 is 1.50 bits per heavy atom. The summed E-state index contributed by atoms with van der Waals surface area (Å²) in [5.41, 5.74) is 5.77. The van der Waals surface area contributed by atoms with Crippen LogP contribution in [0.3, 0.4) is 0 Å². The summed E-state index contributed by atoms with van der Waals surface area (Å²) in [4.78, 5) is 11.6. The van der Waals surface area contributed by atoms with Crippen LogP contribution in [0.15, 0.2) is 6.07 Å². The number of hydrogen-bond acceptors (Lipinski definition) is 4. The molecule has 0 saturated carbocycles. The second-order valence-electron chi connectivity index (χ2n) is 4.02. The van der Waals surface area contributed by atoms with Gasteiger partial charge >= 0.3 is 5.97 Å². The molecule has 0 amide bonds. The lowest BCUT2D eigenvalue weighted by molar-refractivity contribution is 0.0176. The molecule has 0 unspecified atom stereocenters. The van der Waals surface area contributed by atoms with Gasteiger partial charge in [-0.2, -0.15) is 0 Å². The second kappa shape index (κ2) is 4.80. The van der Waals surface area contributed by atoms with Crippen molar-refractivity contribution < 1.29 is 18.3 Å². The lowest BCUT2D eigenvalue weighted by Crippen LogP contribution is -2.18. The zero-order valence-electron chi connectivity index (χ0n) is 10.7. The summed E-state index contributed by atoms with van der Waals surface area (Å²) in [6.45, 7) is 2.17. The highest BCUT2D eigenvalue weighted by molar-refractivity contribution is 5.95. The fourth-order valence-corrected chi connectivity index (χ4v) is 1.90. The van der Waals surface area contributed by atoms with Crippen LogP contribution in [0.25, 0.3) is 0 Å². The van der Waals surface area contributed by atoms with Crippen molar-refractivity contribution in [2.45, 2.75) is 19.8 Å².